The molecule has 1 fully saturated rings. The standard InChI is InChI=1S/C18H19FN6/c1-12-8-14(10-24(12)2)25-11-21-15-16(22-18(19)23-17(15)25)20-9-13-6-4-3-5-7-13/h3-7,11,14H,1,8-10H2,2H3,(H,20,22,23). The molecule has 1 saturated heterocycles. The number of rotatable bonds is 4. The van der Waals surface area contributed by atoms with E-state index in [0.29, 0.717) is 23.5 Å². The van der Waals surface area contributed by atoms with E-state index in [9.17, 15) is 4.39 Å². The molecule has 25 heavy (non-hydrogen) atoms. The first-order valence-corrected chi connectivity index (χ1v) is 8.18. The molecular formula is C18H19FN6. The molecule has 4 rings (SSSR count). The molecule has 2 aromatic heterocycles. The highest BCUT2D eigenvalue weighted by atomic mass is 19.1. The molecule has 0 saturated carbocycles. The van der Waals surface area contributed by atoms with Gasteiger partial charge in [0.1, 0.15) is 0 Å². The van der Waals surface area contributed by atoms with Crippen LogP contribution < -0.4 is 5.32 Å². The predicted octanol–water partition coefficient (Wildman–Crippen LogP) is 2.97. The fourth-order valence-electron chi connectivity index (χ4n) is 3.19. The molecule has 1 unspecified atom stereocenters. The van der Waals surface area contributed by atoms with Crippen LogP contribution in [-0.2, 0) is 6.54 Å². The van der Waals surface area contributed by atoms with Crippen LogP contribution in [0, 0.1) is 6.08 Å². The van der Waals surface area contributed by atoms with Crippen molar-refractivity contribution in [3.05, 3.63) is 60.6 Å². The number of imidazole rings is 1. The first kappa shape index (κ1) is 15.6. The van der Waals surface area contributed by atoms with Crippen molar-refractivity contribution < 1.29 is 4.39 Å². The van der Waals surface area contributed by atoms with Crippen molar-refractivity contribution >= 4 is 17.0 Å². The van der Waals surface area contributed by atoms with Gasteiger partial charge < -0.3 is 14.8 Å². The first-order chi connectivity index (χ1) is 12.1. The minimum absolute atomic E-state index is 0.152. The highest BCUT2D eigenvalue weighted by Crippen LogP contribution is 2.31. The Labute approximate surface area is 145 Å². The lowest BCUT2D eigenvalue weighted by Crippen LogP contribution is -2.15. The van der Waals surface area contributed by atoms with Crippen LogP contribution >= 0.6 is 0 Å². The van der Waals surface area contributed by atoms with E-state index in [0.717, 1.165) is 24.2 Å². The summed E-state index contributed by atoms with van der Waals surface area (Å²) in [6.07, 6.45) is 1.76. The van der Waals surface area contributed by atoms with Crippen LogP contribution in [0.4, 0.5) is 10.2 Å². The maximum atomic E-state index is 14.0. The van der Waals surface area contributed by atoms with Crippen LogP contribution in [0.5, 0.6) is 0 Å². The van der Waals surface area contributed by atoms with Gasteiger partial charge in [0.15, 0.2) is 17.0 Å². The van der Waals surface area contributed by atoms with Gasteiger partial charge in [0, 0.05) is 32.3 Å². The molecule has 1 atom stereocenters. The number of allylic oxidation sites excluding steroid dienone is 1. The van der Waals surface area contributed by atoms with Crippen molar-refractivity contribution in [2.24, 2.45) is 0 Å². The number of anilines is 1. The zero-order chi connectivity index (χ0) is 17.4. The van der Waals surface area contributed by atoms with Crippen molar-refractivity contribution in [3.63, 3.8) is 0 Å². The zero-order valence-electron chi connectivity index (χ0n) is 14.0. The van der Waals surface area contributed by atoms with Crippen LogP contribution in [-0.4, -0.2) is 38.0 Å². The second-order valence-corrected chi connectivity index (χ2v) is 6.31. The summed E-state index contributed by atoms with van der Waals surface area (Å²) in [5, 5.41) is 3.17. The van der Waals surface area contributed by atoms with Gasteiger partial charge in [0.25, 0.3) is 0 Å². The lowest BCUT2D eigenvalue weighted by atomic mass is 10.2. The van der Waals surface area contributed by atoms with Gasteiger partial charge in [-0.3, -0.25) is 0 Å². The summed E-state index contributed by atoms with van der Waals surface area (Å²) >= 11 is 0. The summed E-state index contributed by atoms with van der Waals surface area (Å²) in [7, 11) is 2.00. The molecular weight excluding hydrogens is 319 g/mol. The molecule has 0 spiro atoms. The third-order valence-electron chi connectivity index (χ3n) is 4.59. The third kappa shape index (κ3) is 2.93. The maximum Gasteiger partial charge on any atom is 0.312 e. The van der Waals surface area contributed by atoms with E-state index in [-0.39, 0.29) is 6.04 Å². The highest BCUT2D eigenvalue weighted by Gasteiger charge is 2.26. The van der Waals surface area contributed by atoms with Crippen LogP contribution in [0.1, 0.15) is 18.0 Å². The predicted molar refractivity (Wildman–Crippen MR) is 94.5 cm³/mol. The number of nitrogens with zero attached hydrogens (tertiary/aromatic N) is 5. The minimum Gasteiger partial charge on any atom is -0.376 e. The van der Waals surface area contributed by atoms with E-state index < -0.39 is 6.08 Å². The van der Waals surface area contributed by atoms with E-state index in [1.165, 1.54) is 0 Å². The molecule has 3 aromatic rings. The maximum absolute atomic E-state index is 14.0. The second kappa shape index (κ2) is 6.16. The molecule has 1 N–H and O–H groups in total. The van der Waals surface area contributed by atoms with Gasteiger partial charge in [-0.05, 0) is 5.56 Å². The Morgan fingerprint density at radius 2 is 2.08 bits per heavy atom. The topological polar surface area (TPSA) is 58.9 Å². The number of hydrogen-bond acceptors (Lipinski definition) is 5. The largest absolute Gasteiger partial charge is 0.376 e. The fraction of sp³-hybridized carbons (Fsp3) is 0.278. The van der Waals surface area contributed by atoms with Crippen LogP contribution in [0.25, 0.3) is 11.2 Å². The quantitative estimate of drug-likeness (QED) is 0.741. The minimum atomic E-state index is -0.755. The van der Waals surface area contributed by atoms with Gasteiger partial charge in [-0.1, -0.05) is 36.9 Å². The molecule has 128 valence electrons. The second-order valence-electron chi connectivity index (χ2n) is 6.31. The fourth-order valence-corrected chi connectivity index (χ4v) is 3.19. The Kier molecular flexibility index (Phi) is 3.83. The van der Waals surface area contributed by atoms with Gasteiger partial charge >= 0.3 is 6.08 Å². The smallest absolute Gasteiger partial charge is 0.312 e. The van der Waals surface area contributed by atoms with Crippen LogP contribution in [0.3, 0.4) is 0 Å². The van der Waals surface area contributed by atoms with Crippen molar-refractivity contribution in [2.45, 2.75) is 19.0 Å². The Morgan fingerprint density at radius 1 is 1.28 bits per heavy atom. The number of halogens is 1. The molecule has 0 bridgehead atoms. The van der Waals surface area contributed by atoms with Gasteiger partial charge in [0.2, 0.25) is 0 Å². The van der Waals surface area contributed by atoms with Crippen molar-refractivity contribution in [1.82, 2.24) is 24.4 Å². The lowest BCUT2D eigenvalue weighted by molar-refractivity contribution is 0.429. The highest BCUT2D eigenvalue weighted by molar-refractivity contribution is 5.82. The van der Waals surface area contributed by atoms with E-state index in [1.54, 1.807) is 6.33 Å². The van der Waals surface area contributed by atoms with Crippen molar-refractivity contribution in [3.8, 4) is 0 Å². The number of aromatic nitrogens is 4. The van der Waals surface area contributed by atoms with E-state index >= 15 is 0 Å². The molecule has 0 amide bonds. The summed E-state index contributed by atoms with van der Waals surface area (Å²) in [5.41, 5.74) is 3.24. The van der Waals surface area contributed by atoms with Crippen molar-refractivity contribution in [2.75, 3.05) is 18.9 Å². The summed E-state index contributed by atoms with van der Waals surface area (Å²) in [5.74, 6) is 0.412. The van der Waals surface area contributed by atoms with E-state index in [1.807, 2.05) is 41.9 Å². The molecule has 3 heterocycles. The Balaban J connectivity index is 1.66. The number of hydrogen-bond donors (Lipinski definition) is 1. The molecule has 7 heteroatoms. The third-order valence-corrected chi connectivity index (χ3v) is 4.59. The van der Waals surface area contributed by atoms with E-state index in [2.05, 4.69) is 31.7 Å². The number of benzene rings is 1. The van der Waals surface area contributed by atoms with Gasteiger partial charge in [0.05, 0.1) is 12.4 Å². The molecule has 1 aliphatic rings. The number of likely N-dealkylation sites (N-methyl/N-ethyl adjacent to an activating group) is 1. The van der Waals surface area contributed by atoms with Crippen LogP contribution in [0.2, 0.25) is 0 Å². The van der Waals surface area contributed by atoms with Crippen LogP contribution in [0.15, 0.2) is 48.9 Å². The summed E-state index contributed by atoms with van der Waals surface area (Å²) in [4.78, 5) is 14.4. The van der Waals surface area contributed by atoms with Gasteiger partial charge in [-0.2, -0.15) is 14.4 Å². The zero-order valence-corrected chi connectivity index (χ0v) is 14.0. The summed E-state index contributed by atoms with van der Waals surface area (Å²) in [6.45, 7) is 5.40. The SMILES string of the molecule is C=C1CC(n2cnc3c(NCc4ccccc4)nc(F)nc32)CN1C. The van der Waals surface area contributed by atoms with Gasteiger partial charge in [-0.15, -0.1) is 0 Å². The van der Waals surface area contributed by atoms with Gasteiger partial charge in [-0.25, -0.2) is 4.98 Å². The Bertz CT molecular complexity index is 920. The van der Waals surface area contributed by atoms with Crippen molar-refractivity contribution in [1.29, 1.82) is 0 Å². The number of likely N-dealkylation sites (tertiary alicyclic amines) is 1. The Hall–Kier alpha value is -2.96. The monoisotopic (exact) mass is 338 g/mol. The summed E-state index contributed by atoms with van der Waals surface area (Å²) < 4.78 is 15.9. The average Bonchev–Trinajstić information content (AvgIpc) is 3.17. The molecule has 0 aliphatic carbocycles. The molecule has 1 aliphatic heterocycles. The number of fused-ring (bicyclic) bond motifs is 1. The molecule has 1 aromatic carbocycles. The first-order valence-electron chi connectivity index (χ1n) is 8.18. The normalized spacial score (nSPS) is 17.4. The lowest BCUT2D eigenvalue weighted by Gasteiger charge is -2.13. The Morgan fingerprint density at radius 3 is 2.80 bits per heavy atom. The average molecular weight is 338 g/mol. The molecule has 6 nitrogen and oxygen atoms in total. The van der Waals surface area contributed by atoms with E-state index in [4.69, 9.17) is 0 Å². The molecule has 0 radical (unpaired) electrons. The number of nitrogens with one attached hydrogen (secondary N) is 1. The summed E-state index contributed by atoms with van der Waals surface area (Å²) in [6, 6.07) is 10.0.